The lowest BCUT2D eigenvalue weighted by Gasteiger charge is -2.15. The van der Waals surface area contributed by atoms with Crippen molar-refractivity contribution < 1.29 is 4.79 Å². The van der Waals surface area contributed by atoms with E-state index in [0.29, 0.717) is 13.0 Å². The highest BCUT2D eigenvalue weighted by atomic mass is 16.2. The molecule has 1 atom stereocenters. The molecule has 1 unspecified atom stereocenters. The standard InChI is InChI=1S/C12H21N5O/c1-3-5-16-8-10(6-12(16)18)13-7-11-14-9-15-17(11)4-2/h9-10,13H,3-8H2,1-2H3. The molecule has 2 heterocycles. The summed E-state index contributed by atoms with van der Waals surface area (Å²) < 4.78 is 1.87. The first-order valence-corrected chi connectivity index (χ1v) is 6.62. The quantitative estimate of drug-likeness (QED) is 0.795. The first-order chi connectivity index (χ1) is 8.74. The van der Waals surface area contributed by atoms with Gasteiger partial charge in [-0.3, -0.25) is 4.79 Å². The number of hydrogen-bond acceptors (Lipinski definition) is 4. The van der Waals surface area contributed by atoms with Crippen molar-refractivity contribution in [3.8, 4) is 0 Å². The molecule has 0 aromatic carbocycles. The summed E-state index contributed by atoms with van der Waals surface area (Å²) in [5.74, 6) is 1.19. The maximum atomic E-state index is 11.7. The maximum absolute atomic E-state index is 11.7. The molecule has 1 aliphatic heterocycles. The molecule has 100 valence electrons. The minimum absolute atomic E-state index is 0.242. The van der Waals surface area contributed by atoms with Gasteiger partial charge in [-0.15, -0.1) is 0 Å². The minimum atomic E-state index is 0.242. The largest absolute Gasteiger partial charge is 0.341 e. The van der Waals surface area contributed by atoms with Crippen molar-refractivity contribution in [3.05, 3.63) is 12.2 Å². The van der Waals surface area contributed by atoms with Crippen molar-refractivity contribution in [3.63, 3.8) is 0 Å². The zero-order chi connectivity index (χ0) is 13.0. The smallest absolute Gasteiger partial charge is 0.224 e. The van der Waals surface area contributed by atoms with E-state index < -0.39 is 0 Å². The van der Waals surface area contributed by atoms with Gasteiger partial charge in [-0.25, -0.2) is 9.67 Å². The summed E-state index contributed by atoms with van der Waals surface area (Å²) in [5.41, 5.74) is 0. The van der Waals surface area contributed by atoms with E-state index in [2.05, 4.69) is 22.3 Å². The fourth-order valence-electron chi connectivity index (χ4n) is 2.32. The Morgan fingerprint density at radius 2 is 2.33 bits per heavy atom. The van der Waals surface area contributed by atoms with E-state index in [-0.39, 0.29) is 11.9 Å². The molecule has 0 radical (unpaired) electrons. The van der Waals surface area contributed by atoms with Crippen LogP contribution in [-0.2, 0) is 17.9 Å². The van der Waals surface area contributed by atoms with Crippen LogP contribution in [0.3, 0.4) is 0 Å². The highest BCUT2D eigenvalue weighted by Gasteiger charge is 2.28. The van der Waals surface area contributed by atoms with Gasteiger partial charge in [-0.1, -0.05) is 6.92 Å². The van der Waals surface area contributed by atoms with Gasteiger partial charge < -0.3 is 10.2 Å². The van der Waals surface area contributed by atoms with Gasteiger partial charge >= 0.3 is 0 Å². The van der Waals surface area contributed by atoms with E-state index in [4.69, 9.17) is 0 Å². The summed E-state index contributed by atoms with van der Waals surface area (Å²) in [4.78, 5) is 17.9. The van der Waals surface area contributed by atoms with E-state index in [0.717, 1.165) is 31.9 Å². The fraction of sp³-hybridized carbons (Fsp3) is 0.750. The first kappa shape index (κ1) is 13.0. The number of aromatic nitrogens is 3. The van der Waals surface area contributed by atoms with Crippen LogP contribution in [0.5, 0.6) is 0 Å². The Labute approximate surface area is 107 Å². The van der Waals surface area contributed by atoms with Gasteiger partial charge in [-0.2, -0.15) is 5.10 Å². The fourth-order valence-corrected chi connectivity index (χ4v) is 2.32. The van der Waals surface area contributed by atoms with Crippen LogP contribution < -0.4 is 5.32 Å². The van der Waals surface area contributed by atoms with Gasteiger partial charge in [0, 0.05) is 32.1 Å². The van der Waals surface area contributed by atoms with E-state index in [1.807, 2.05) is 16.5 Å². The molecular formula is C12H21N5O. The Morgan fingerprint density at radius 1 is 1.50 bits per heavy atom. The number of likely N-dealkylation sites (tertiary alicyclic amines) is 1. The maximum Gasteiger partial charge on any atom is 0.224 e. The van der Waals surface area contributed by atoms with Crippen molar-refractivity contribution in [2.75, 3.05) is 13.1 Å². The second-order valence-electron chi connectivity index (χ2n) is 4.61. The molecular weight excluding hydrogens is 230 g/mol. The Morgan fingerprint density at radius 3 is 3.06 bits per heavy atom. The van der Waals surface area contributed by atoms with Gasteiger partial charge in [0.05, 0.1) is 6.54 Å². The zero-order valence-corrected chi connectivity index (χ0v) is 11.1. The Balaban J connectivity index is 1.83. The number of rotatable bonds is 6. The van der Waals surface area contributed by atoms with Crippen molar-refractivity contribution in [2.45, 2.75) is 45.8 Å². The molecule has 0 bridgehead atoms. The third-order valence-corrected chi connectivity index (χ3v) is 3.25. The average molecular weight is 251 g/mol. The van der Waals surface area contributed by atoms with E-state index in [1.165, 1.54) is 0 Å². The molecule has 6 nitrogen and oxygen atoms in total. The highest BCUT2D eigenvalue weighted by Crippen LogP contribution is 2.11. The van der Waals surface area contributed by atoms with Crippen LogP contribution in [0, 0.1) is 0 Å². The third-order valence-electron chi connectivity index (χ3n) is 3.25. The molecule has 0 spiro atoms. The van der Waals surface area contributed by atoms with Gasteiger partial charge in [-0.05, 0) is 13.3 Å². The summed E-state index contributed by atoms with van der Waals surface area (Å²) in [6.45, 7) is 7.31. The van der Waals surface area contributed by atoms with Crippen molar-refractivity contribution in [2.24, 2.45) is 0 Å². The number of carbonyl (C=O) groups is 1. The predicted molar refractivity (Wildman–Crippen MR) is 67.8 cm³/mol. The Bertz CT molecular complexity index is 403. The third kappa shape index (κ3) is 2.87. The van der Waals surface area contributed by atoms with Crippen LogP contribution in [0.1, 0.15) is 32.5 Å². The molecule has 1 aromatic heterocycles. The molecule has 1 aliphatic rings. The van der Waals surface area contributed by atoms with E-state index >= 15 is 0 Å². The van der Waals surface area contributed by atoms with Crippen LogP contribution in [0.2, 0.25) is 0 Å². The molecule has 6 heteroatoms. The molecule has 1 saturated heterocycles. The number of nitrogens with zero attached hydrogens (tertiary/aromatic N) is 4. The Kier molecular flexibility index (Phi) is 4.30. The molecule has 1 amide bonds. The summed E-state index contributed by atoms with van der Waals surface area (Å²) in [6.07, 6.45) is 3.19. The molecule has 0 saturated carbocycles. The van der Waals surface area contributed by atoms with Crippen LogP contribution >= 0.6 is 0 Å². The monoisotopic (exact) mass is 251 g/mol. The van der Waals surface area contributed by atoms with Gasteiger partial charge in [0.15, 0.2) is 0 Å². The minimum Gasteiger partial charge on any atom is -0.341 e. The lowest BCUT2D eigenvalue weighted by Crippen LogP contribution is -2.33. The summed E-state index contributed by atoms with van der Waals surface area (Å²) >= 11 is 0. The number of aryl methyl sites for hydroxylation is 1. The van der Waals surface area contributed by atoms with E-state index in [1.54, 1.807) is 6.33 Å². The van der Waals surface area contributed by atoms with Crippen molar-refractivity contribution >= 4 is 5.91 Å². The van der Waals surface area contributed by atoms with Gasteiger partial charge in [0.1, 0.15) is 12.2 Å². The lowest BCUT2D eigenvalue weighted by molar-refractivity contribution is -0.127. The van der Waals surface area contributed by atoms with Crippen molar-refractivity contribution in [1.29, 1.82) is 0 Å². The van der Waals surface area contributed by atoms with Crippen LogP contribution in [0.15, 0.2) is 6.33 Å². The van der Waals surface area contributed by atoms with Gasteiger partial charge in [0.2, 0.25) is 5.91 Å². The topological polar surface area (TPSA) is 63.0 Å². The normalized spacial score (nSPS) is 19.8. The molecule has 2 rings (SSSR count). The molecule has 1 fully saturated rings. The second-order valence-corrected chi connectivity index (χ2v) is 4.61. The summed E-state index contributed by atoms with van der Waals surface area (Å²) in [5, 5.41) is 7.52. The SMILES string of the molecule is CCCN1CC(NCc2ncnn2CC)CC1=O. The average Bonchev–Trinajstić information content (AvgIpc) is 2.94. The van der Waals surface area contributed by atoms with Crippen LogP contribution in [0.4, 0.5) is 0 Å². The molecule has 1 aromatic rings. The molecule has 1 N–H and O–H groups in total. The van der Waals surface area contributed by atoms with Crippen LogP contribution in [-0.4, -0.2) is 44.7 Å². The summed E-state index contributed by atoms with van der Waals surface area (Å²) in [6, 6.07) is 0.242. The van der Waals surface area contributed by atoms with E-state index in [9.17, 15) is 4.79 Å². The number of carbonyl (C=O) groups excluding carboxylic acids is 1. The molecule has 0 aliphatic carbocycles. The Hall–Kier alpha value is -1.43. The van der Waals surface area contributed by atoms with Crippen LogP contribution in [0.25, 0.3) is 0 Å². The molecule has 18 heavy (non-hydrogen) atoms. The summed E-state index contributed by atoms with van der Waals surface area (Å²) in [7, 11) is 0. The number of nitrogens with one attached hydrogen (secondary N) is 1. The highest BCUT2D eigenvalue weighted by molar-refractivity contribution is 5.79. The second kappa shape index (κ2) is 5.95. The van der Waals surface area contributed by atoms with Crippen molar-refractivity contribution in [1.82, 2.24) is 25.0 Å². The predicted octanol–water partition coefficient (Wildman–Crippen LogP) is 0.398. The number of hydrogen-bond donors (Lipinski definition) is 1. The lowest BCUT2D eigenvalue weighted by atomic mass is 10.2. The zero-order valence-electron chi connectivity index (χ0n) is 11.1. The number of amides is 1. The first-order valence-electron chi connectivity index (χ1n) is 6.62. The van der Waals surface area contributed by atoms with Gasteiger partial charge in [0.25, 0.3) is 0 Å².